The van der Waals surface area contributed by atoms with Crippen LogP contribution >= 0.6 is 0 Å². The van der Waals surface area contributed by atoms with E-state index in [1.54, 1.807) is 0 Å². The van der Waals surface area contributed by atoms with Crippen LogP contribution in [0.5, 0.6) is 0 Å². The van der Waals surface area contributed by atoms with E-state index in [1.807, 2.05) is 30.3 Å². The zero-order chi connectivity index (χ0) is 15.5. The third-order valence-electron chi connectivity index (χ3n) is 3.08. The van der Waals surface area contributed by atoms with Crippen molar-refractivity contribution in [1.29, 1.82) is 0 Å². The van der Waals surface area contributed by atoms with Gasteiger partial charge in [-0.05, 0) is 0 Å². The van der Waals surface area contributed by atoms with Crippen LogP contribution in [0.2, 0.25) is 0 Å². The van der Waals surface area contributed by atoms with Crippen molar-refractivity contribution in [2.75, 3.05) is 6.54 Å². The molecular formula is C14H12N4O4. The first-order valence-electron chi connectivity index (χ1n) is 6.54. The number of hydrogen-bond acceptors (Lipinski definition) is 5. The smallest absolute Gasteiger partial charge is 0.321 e. The topological polar surface area (TPSA) is 113 Å². The fourth-order valence-electron chi connectivity index (χ4n) is 1.98. The minimum absolute atomic E-state index is 0.0165. The Labute approximate surface area is 124 Å². The van der Waals surface area contributed by atoms with Gasteiger partial charge in [-0.3, -0.25) is 14.9 Å². The molecule has 0 spiro atoms. The number of benzene rings is 1. The van der Waals surface area contributed by atoms with Gasteiger partial charge in [0.1, 0.15) is 6.04 Å². The largest absolute Gasteiger partial charge is 0.432 e. The maximum absolute atomic E-state index is 12.0. The highest BCUT2D eigenvalue weighted by Crippen LogP contribution is 2.19. The van der Waals surface area contributed by atoms with Crippen molar-refractivity contribution in [3.05, 3.63) is 42.4 Å². The third-order valence-corrected chi connectivity index (χ3v) is 3.08. The highest BCUT2D eigenvalue weighted by Gasteiger charge is 2.29. The van der Waals surface area contributed by atoms with Crippen LogP contribution in [0.15, 0.2) is 40.9 Å². The number of hydrogen-bond donors (Lipinski definition) is 3. The van der Waals surface area contributed by atoms with Crippen molar-refractivity contribution in [3.63, 3.8) is 0 Å². The molecule has 8 nitrogen and oxygen atoms in total. The summed E-state index contributed by atoms with van der Waals surface area (Å²) in [4.78, 5) is 38.4. The third kappa shape index (κ3) is 2.80. The van der Waals surface area contributed by atoms with E-state index in [0.717, 1.165) is 5.56 Å². The summed E-state index contributed by atoms with van der Waals surface area (Å²) in [7, 11) is 0. The van der Waals surface area contributed by atoms with Gasteiger partial charge in [-0.1, -0.05) is 30.3 Å². The van der Waals surface area contributed by atoms with Gasteiger partial charge in [-0.15, -0.1) is 0 Å². The Hall–Kier alpha value is -3.16. The van der Waals surface area contributed by atoms with E-state index in [1.165, 1.54) is 6.20 Å². The predicted molar refractivity (Wildman–Crippen MR) is 74.7 cm³/mol. The Kier molecular flexibility index (Phi) is 3.57. The quantitative estimate of drug-likeness (QED) is 0.753. The fourth-order valence-corrected chi connectivity index (χ4v) is 1.98. The number of carbonyl (C=O) groups is 3. The van der Waals surface area contributed by atoms with Crippen LogP contribution in [-0.2, 0) is 4.79 Å². The summed E-state index contributed by atoms with van der Waals surface area (Å²) < 4.78 is 5.39. The van der Waals surface area contributed by atoms with Crippen molar-refractivity contribution in [2.45, 2.75) is 6.04 Å². The van der Waals surface area contributed by atoms with Gasteiger partial charge >= 0.3 is 11.9 Å². The summed E-state index contributed by atoms with van der Waals surface area (Å²) in [5.41, 5.74) is 0.789. The zero-order valence-electron chi connectivity index (χ0n) is 11.3. The van der Waals surface area contributed by atoms with Crippen LogP contribution in [-0.4, -0.2) is 35.4 Å². The van der Waals surface area contributed by atoms with Crippen molar-refractivity contribution in [2.24, 2.45) is 0 Å². The molecule has 1 fully saturated rings. The number of carbonyl (C=O) groups excluding carboxylic acids is 3. The molecule has 1 aliphatic rings. The number of nitrogens with one attached hydrogen (secondary N) is 3. The molecule has 2 heterocycles. The maximum atomic E-state index is 12.0. The van der Waals surface area contributed by atoms with Crippen LogP contribution in [0.4, 0.5) is 4.79 Å². The van der Waals surface area contributed by atoms with E-state index in [-0.39, 0.29) is 12.4 Å². The van der Waals surface area contributed by atoms with Gasteiger partial charge < -0.3 is 15.1 Å². The number of aromatic nitrogens is 1. The second-order valence-corrected chi connectivity index (χ2v) is 4.62. The molecule has 8 heteroatoms. The van der Waals surface area contributed by atoms with Crippen molar-refractivity contribution in [1.82, 2.24) is 20.9 Å². The molecule has 2 aromatic rings. The summed E-state index contributed by atoms with van der Waals surface area (Å²) in [5.74, 6) is -0.902. The molecule has 1 unspecified atom stereocenters. The number of nitrogens with zero attached hydrogens (tertiary/aromatic N) is 1. The normalized spacial score (nSPS) is 17.5. The number of urea groups is 1. The van der Waals surface area contributed by atoms with Gasteiger partial charge in [0.15, 0.2) is 5.76 Å². The lowest BCUT2D eigenvalue weighted by molar-refractivity contribution is -0.122. The summed E-state index contributed by atoms with van der Waals surface area (Å²) in [6.07, 6.45) is 1.44. The van der Waals surface area contributed by atoms with E-state index in [9.17, 15) is 14.4 Å². The monoisotopic (exact) mass is 300 g/mol. The van der Waals surface area contributed by atoms with Crippen LogP contribution in [0.1, 0.15) is 10.7 Å². The van der Waals surface area contributed by atoms with Crippen molar-refractivity contribution < 1.29 is 18.8 Å². The van der Waals surface area contributed by atoms with Gasteiger partial charge in [-0.2, -0.15) is 0 Å². The van der Waals surface area contributed by atoms with Gasteiger partial charge in [-0.25, -0.2) is 9.78 Å². The first-order chi connectivity index (χ1) is 10.6. The van der Waals surface area contributed by atoms with Crippen molar-refractivity contribution >= 4 is 17.8 Å². The molecule has 4 amide bonds. The number of rotatable bonds is 3. The first-order valence-corrected chi connectivity index (χ1v) is 6.54. The molecule has 0 bridgehead atoms. The molecule has 3 N–H and O–H groups in total. The molecule has 1 aromatic heterocycles. The van der Waals surface area contributed by atoms with E-state index in [0.29, 0.717) is 5.76 Å². The minimum Gasteiger partial charge on any atom is -0.432 e. The Balaban J connectivity index is 1.70. The van der Waals surface area contributed by atoms with Crippen molar-refractivity contribution in [3.8, 4) is 11.3 Å². The molecule has 112 valence electrons. The number of oxazole rings is 1. The lowest BCUT2D eigenvalue weighted by atomic mass is 10.2. The molecule has 0 aliphatic carbocycles. The van der Waals surface area contributed by atoms with E-state index >= 15 is 0 Å². The molecule has 1 aliphatic heterocycles. The average Bonchev–Trinajstić information content (AvgIpc) is 3.01. The molecule has 1 aromatic carbocycles. The molecular weight excluding hydrogens is 288 g/mol. The van der Waals surface area contributed by atoms with Crippen LogP contribution < -0.4 is 16.0 Å². The summed E-state index contributed by atoms with van der Waals surface area (Å²) in [6.45, 7) is 0.0165. The second kappa shape index (κ2) is 5.68. The minimum atomic E-state index is -0.864. The molecule has 1 atom stereocenters. The van der Waals surface area contributed by atoms with Crippen LogP contribution in [0.25, 0.3) is 11.3 Å². The zero-order valence-corrected chi connectivity index (χ0v) is 11.3. The predicted octanol–water partition coefficient (Wildman–Crippen LogP) is 0.279. The highest BCUT2D eigenvalue weighted by molar-refractivity contribution is 6.02. The van der Waals surface area contributed by atoms with Crippen LogP contribution in [0.3, 0.4) is 0 Å². The summed E-state index contributed by atoms with van der Waals surface area (Å²) in [6, 6.07) is 7.75. The molecule has 3 rings (SSSR count). The standard InChI is InChI=1S/C14H12N4O4/c19-11-9(6-16-14(21)18-11)17-12(20)13-15-7-10(22-13)8-4-2-1-3-5-8/h1-5,7,9H,6H2,(H,17,20)(H2,16,18,19,21). The lowest BCUT2D eigenvalue weighted by Gasteiger charge is -2.22. The van der Waals surface area contributed by atoms with Crippen LogP contribution in [0, 0.1) is 0 Å². The molecule has 0 saturated carbocycles. The van der Waals surface area contributed by atoms with E-state index < -0.39 is 23.9 Å². The first kappa shape index (κ1) is 13.8. The molecule has 0 radical (unpaired) electrons. The Morgan fingerprint density at radius 2 is 2.05 bits per heavy atom. The fraction of sp³-hybridized carbons (Fsp3) is 0.143. The number of amides is 4. The van der Waals surface area contributed by atoms with E-state index in [2.05, 4.69) is 20.9 Å². The van der Waals surface area contributed by atoms with Gasteiger partial charge in [0.25, 0.3) is 11.8 Å². The van der Waals surface area contributed by atoms with Gasteiger partial charge in [0.05, 0.1) is 6.20 Å². The Morgan fingerprint density at radius 3 is 2.77 bits per heavy atom. The van der Waals surface area contributed by atoms with Gasteiger partial charge in [0, 0.05) is 12.1 Å². The Morgan fingerprint density at radius 1 is 1.27 bits per heavy atom. The molecule has 1 saturated heterocycles. The Bertz CT molecular complexity index is 725. The second-order valence-electron chi connectivity index (χ2n) is 4.62. The molecule has 22 heavy (non-hydrogen) atoms. The van der Waals surface area contributed by atoms with E-state index in [4.69, 9.17) is 4.42 Å². The SMILES string of the molecule is O=C1NCC(NC(=O)c2ncc(-c3ccccc3)o2)C(=O)N1. The maximum Gasteiger partial charge on any atom is 0.321 e. The van der Waals surface area contributed by atoms with Gasteiger partial charge in [0.2, 0.25) is 0 Å². The summed E-state index contributed by atoms with van der Waals surface area (Å²) >= 11 is 0. The summed E-state index contributed by atoms with van der Waals surface area (Å²) in [5, 5.41) is 6.92. The lowest BCUT2D eigenvalue weighted by Crippen LogP contribution is -2.60. The number of imide groups is 1. The highest BCUT2D eigenvalue weighted by atomic mass is 16.4. The average molecular weight is 300 g/mol.